The first-order valence-electron chi connectivity index (χ1n) is 8.76. The SMILES string of the molecule is C[C@]12Cc3cc(C(=O)c4ccccc4)ccc3N1C(=O)c1ccccc12. The number of hydrogen-bond acceptors (Lipinski definition) is 2. The van der Waals surface area contributed by atoms with Crippen LogP contribution in [0.25, 0.3) is 0 Å². The van der Waals surface area contributed by atoms with Crippen molar-refractivity contribution in [3.63, 3.8) is 0 Å². The zero-order valence-electron chi connectivity index (χ0n) is 14.4. The molecule has 0 aromatic heterocycles. The Labute approximate surface area is 151 Å². The van der Waals surface area contributed by atoms with Crippen molar-refractivity contribution in [2.45, 2.75) is 18.9 Å². The van der Waals surface area contributed by atoms with Gasteiger partial charge >= 0.3 is 0 Å². The second kappa shape index (κ2) is 5.15. The van der Waals surface area contributed by atoms with Gasteiger partial charge in [0.25, 0.3) is 5.91 Å². The Bertz CT molecular complexity index is 1070. The van der Waals surface area contributed by atoms with Crippen LogP contribution >= 0.6 is 0 Å². The van der Waals surface area contributed by atoms with Crippen LogP contribution in [0.1, 0.15) is 44.3 Å². The maximum absolute atomic E-state index is 12.9. The van der Waals surface area contributed by atoms with Gasteiger partial charge in [0.1, 0.15) is 0 Å². The molecular weight excluding hydrogens is 322 g/mol. The first-order valence-corrected chi connectivity index (χ1v) is 8.76. The summed E-state index contributed by atoms with van der Waals surface area (Å²) in [4.78, 5) is 27.6. The van der Waals surface area contributed by atoms with E-state index in [1.54, 1.807) is 0 Å². The molecule has 0 saturated heterocycles. The molecule has 2 aliphatic heterocycles. The highest BCUT2D eigenvalue weighted by atomic mass is 16.2. The van der Waals surface area contributed by atoms with E-state index in [4.69, 9.17) is 0 Å². The second-order valence-corrected chi connectivity index (χ2v) is 7.18. The maximum Gasteiger partial charge on any atom is 0.259 e. The fourth-order valence-electron chi connectivity index (χ4n) is 4.37. The van der Waals surface area contributed by atoms with Gasteiger partial charge in [-0.3, -0.25) is 14.5 Å². The molecule has 0 spiro atoms. The van der Waals surface area contributed by atoms with Crippen LogP contribution in [-0.4, -0.2) is 11.7 Å². The summed E-state index contributed by atoms with van der Waals surface area (Å²) >= 11 is 0. The van der Waals surface area contributed by atoms with Crippen LogP contribution < -0.4 is 4.90 Å². The van der Waals surface area contributed by atoms with Crippen molar-refractivity contribution in [3.05, 3.63) is 101 Å². The number of amides is 1. The molecule has 5 rings (SSSR count). The Morgan fingerprint density at radius 1 is 0.923 bits per heavy atom. The van der Waals surface area contributed by atoms with Gasteiger partial charge in [-0.25, -0.2) is 0 Å². The van der Waals surface area contributed by atoms with E-state index in [9.17, 15) is 9.59 Å². The third-order valence-electron chi connectivity index (χ3n) is 5.59. The summed E-state index contributed by atoms with van der Waals surface area (Å²) in [5.41, 5.74) is 4.79. The highest BCUT2D eigenvalue weighted by Gasteiger charge is 2.51. The number of carbonyl (C=O) groups excluding carboxylic acids is 2. The lowest BCUT2D eigenvalue weighted by molar-refractivity contribution is 0.0982. The number of nitrogens with zero attached hydrogens (tertiary/aromatic N) is 1. The third kappa shape index (κ3) is 1.88. The molecule has 2 aliphatic rings. The van der Waals surface area contributed by atoms with Gasteiger partial charge in [0.2, 0.25) is 0 Å². The van der Waals surface area contributed by atoms with Crippen molar-refractivity contribution in [2.24, 2.45) is 0 Å². The molecule has 126 valence electrons. The number of rotatable bonds is 2. The molecule has 3 nitrogen and oxygen atoms in total. The van der Waals surface area contributed by atoms with Gasteiger partial charge in [-0.2, -0.15) is 0 Å². The molecule has 3 heteroatoms. The summed E-state index contributed by atoms with van der Waals surface area (Å²) in [6, 6.07) is 22.8. The Hall–Kier alpha value is -3.20. The second-order valence-electron chi connectivity index (χ2n) is 7.18. The van der Waals surface area contributed by atoms with Gasteiger partial charge in [0.05, 0.1) is 5.54 Å². The lowest BCUT2D eigenvalue weighted by Crippen LogP contribution is -2.38. The van der Waals surface area contributed by atoms with Crippen molar-refractivity contribution < 1.29 is 9.59 Å². The first-order chi connectivity index (χ1) is 12.6. The minimum Gasteiger partial charge on any atom is -0.298 e. The average Bonchev–Trinajstić information content (AvgIpc) is 3.10. The van der Waals surface area contributed by atoms with Gasteiger partial charge in [-0.15, -0.1) is 0 Å². The predicted octanol–water partition coefficient (Wildman–Crippen LogP) is 4.35. The summed E-state index contributed by atoms with van der Waals surface area (Å²) in [5, 5.41) is 0. The Balaban J connectivity index is 1.58. The van der Waals surface area contributed by atoms with Gasteiger partial charge in [0, 0.05) is 28.8 Å². The topological polar surface area (TPSA) is 37.4 Å². The number of hydrogen-bond donors (Lipinski definition) is 0. The highest BCUT2D eigenvalue weighted by Crippen LogP contribution is 2.50. The summed E-state index contributed by atoms with van der Waals surface area (Å²) in [6.07, 6.45) is 0.723. The van der Waals surface area contributed by atoms with E-state index in [-0.39, 0.29) is 17.2 Å². The van der Waals surface area contributed by atoms with Crippen LogP contribution in [0.5, 0.6) is 0 Å². The molecule has 3 aromatic carbocycles. The molecule has 0 saturated carbocycles. The molecule has 26 heavy (non-hydrogen) atoms. The Morgan fingerprint density at radius 2 is 1.65 bits per heavy atom. The standard InChI is InChI=1S/C23H17NO2/c1-23-14-17-13-16(21(25)15-7-3-2-4-8-15)11-12-20(17)24(23)22(26)18-9-5-6-10-19(18)23/h2-13H,14H2,1H3/t23-/m1/s1. The molecule has 3 aromatic rings. The molecule has 0 radical (unpaired) electrons. The number of ketones is 1. The molecular formula is C23H17NO2. The highest BCUT2D eigenvalue weighted by molar-refractivity contribution is 6.14. The number of fused-ring (bicyclic) bond motifs is 5. The van der Waals surface area contributed by atoms with Crippen LogP contribution in [0.2, 0.25) is 0 Å². The summed E-state index contributed by atoms with van der Waals surface area (Å²) < 4.78 is 0. The van der Waals surface area contributed by atoms with E-state index in [0.29, 0.717) is 11.1 Å². The van der Waals surface area contributed by atoms with E-state index in [1.165, 1.54) is 0 Å². The van der Waals surface area contributed by atoms with Crippen molar-refractivity contribution in [1.82, 2.24) is 0 Å². The van der Waals surface area contributed by atoms with Crippen molar-refractivity contribution in [2.75, 3.05) is 4.90 Å². The van der Waals surface area contributed by atoms with E-state index >= 15 is 0 Å². The van der Waals surface area contributed by atoms with Crippen LogP contribution in [0.3, 0.4) is 0 Å². The Kier molecular flexibility index (Phi) is 2.99. The van der Waals surface area contributed by atoms with Gasteiger partial charge in [-0.05, 0) is 42.3 Å². The molecule has 0 N–H and O–H groups in total. The number of anilines is 1. The van der Waals surface area contributed by atoms with Crippen LogP contribution in [0, 0.1) is 0 Å². The minimum absolute atomic E-state index is 0.0114. The lowest BCUT2D eigenvalue weighted by Gasteiger charge is -2.28. The average molecular weight is 339 g/mol. The molecule has 0 fully saturated rings. The molecule has 0 aliphatic carbocycles. The van der Waals surface area contributed by atoms with Gasteiger partial charge in [-0.1, -0.05) is 48.5 Å². The Morgan fingerprint density at radius 3 is 2.46 bits per heavy atom. The maximum atomic E-state index is 12.9. The van der Waals surface area contributed by atoms with Crippen molar-refractivity contribution >= 4 is 17.4 Å². The van der Waals surface area contributed by atoms with Crippen molar-refractivity contribution in [1.29, 1.82) is 0 Å². The smallest absolute Gasteiger partial charge is 0.259 e. The summed E-state index contributed by atoms with van der Waals surface area (Å²) in [7, 11) is 0. The fraction of sp³-hybridized carbons (Fsp3) is 0.130. The van der Waals surface area contributed by atoms with E-state index in [0.717, 1.165) is 28.8 Å². The molecule has 0 unspecified atom stereocenters. The van der Waals surface area contributed by atoms with Crippen LogP contribution in [-0.2, 0) is 12.0 Å². The summed E-state index contributed by atoms with van der Waals surface area (Å²) in [5.74, 6) is 0.0568. The molecule has 1 amide bonds. The molecule has 2 heterocycles. The zero-order chi connectivity index (χ0) is 17.9. The quantitative estimate of drug-likeness (QED) is 0.651. The van der Waals surface area contributed by atoms with Crippen LogP contribution in [0.15, 0.2) is 72.8 Å². The van der Waals surface area contributed by atoms with Gasteiger partial charge in [0.15, 0.2) is 5.78 Å². The minimum atomic E-state index is -0.371. The monoisotopic (exact) mass is 339 g/mol. The fourth-order valence-corrected chi connectivity index (χ4v) is 4.37. The van der Waals surface area contributed by atoms with Gasteiger partial charge < -0.3 is 0 Å². The normalized spacial score (nSPS) is 19.9. The largest absolute Gasteiger partial charge is 0.298 e. The predicted molar refractivity (Wildman–Crippen MR) is 101 cm³/mol. The van der Waals surface area contributed by atoms with Crippen molar-refractivity contribution in [3.8, 4) is 0 Å². The van der Waals surface area contributed by atoms with E-state index in [2.05, 4.69) is 6.92 Å². The van der Waals surface area contributed by atoms with E-state index in [1.807, 2.05) is 77.7 Å². The van der Waals surface area contributed by atoms with E-state index < -0.39 is 0 Å². The first kappa shape index (κ1) is 15.1. The summed E-state index contributed by atoms with van der Waals surface area (Å²) in [6.45, 7) is 2.11. The zero-order valence-corrected chi connectivity index (χ0v) is 14.4. The third-order valence-corrected chi connectivity index (χ3v) is 5.59. The lowest BCUT2D eigenvalue weighted by atomic mass is 9.88. The number of carbonyl (C=O) groups is 2. The van der Waals surface area contributed by atoms with Crippen LogP contribution in [0.4, 0.5) is 5.69 Å². The number of benzene rings is 3. The molecule has 0 bridgehead atoms. The molecule has 1 atom stereocenters.